The molecule has 16 heteroatoms. The van der Waals surface area contributed by atoms with Crippen molar-refractivity contribution in [2.24, 2.45) is 181 Å². The molecule has 33 unspecified atom stereocenters. The Labute approximate surface area is 553 Å². The number of hydrogen-bond donors (Lipinski definition) is 0. The molecule has 7 saturated heterocycles. The SMILES string of the molecule is CC1CC2CC1C1(CCOC1=O)C2.CC1CC2CC1C1(COC(=O)C1)C2.CC1CC2CC1C1C(=O)OCC21.CC1CC2CC1CC21CCOC1=O.CC1CC2CC1CC21COC(=O)C1.CCOC1C(C)C2CC1C1C(=O)OCC21.COC1C(C)C2CC1C1C(=O)OCC21. The summed E-state index contributed by atoms with van der Waals surface area (Å²) in [5.41, 5.74) is 0.521. The summed E-state index contributed by atoms with van der Waals surface area (Å²) in [7, 11) is 1.76. The lowest BCUT2D eigenvalue weighted by molar-refractivity contribution is -0.150. The van der Waals surface area contributed by atoms with Crippen molar-refractivity contribution in [1.29, 1.82) is 0 Å². The number of methoxy groups -OCH3 is 1. The first-order valence-corrected chi connectivity index (χ1v) is 37.9. The van der Waals surface area contributed by atoms with Gasteiger partial charge < -0.3 is 42.6 Å². The van der Waals surface area contributed by atoms with E-state index in [1.165, 1.54) is 89.9 Å². The lowest BCUT2D eigenvalue weighted by Gasteiger charge is -2.34. The fraction of sp³-hybridized carbons (Fsp3) is 0.909. The van der Waals surface area contributed by atoms with Crippen molar-refractivity contribution in [1.82, 2.24) is 0 Å². The maximum Gasteiger partial charge on any atom is 0.312 e. The van der Waals surface area contributed by atoms with Gasteiger partial charge in [-0.05, 0) is 247 Å². The predicted molar refractivity (Wildman–Crippen MR) is 339 cm³/mol. The van der Waals surface area contributed by atoms with Crippen LogP contribution in [0.1, 0.15) is 184 Å². The molecule has 14 aliphatic carbocycles. The first-order valence-electron chi connectivity index (χ1n) is 37.9. The van der Waals surface area contributed by atoms with Crippen LogP contribution in [0.4, 0.5) is 0 Å². The van der Waals surface area contributed by atoms with E-state index in [4.69, 9.17) is 42.6 Å². The molecular weight excluding hydrogens is 1180 g/mol. The molecule has 14 saturated carbocycles. The highest BCUT2D eigenvalue weighted by atomic mass is 16.6. The Morgan fingerprint density at radius 2 is 0.925 bits per heavy atom. The van der Waals surface area contributed by atoms with E-state index < -0.39 is 0 Å². The minimum atomic E-state index is -0.0255. The first-order chi connectivity index (χ1) is 44.6. The number of ether oxygens (including phenoxy) is 9. The van der Waals surface area contributed by atoms with Crippen LogP contribution in [0.15, 0.2) is 0 Å². The number of rotatable bonds is 3. The number of cyclic esters (lactones) is 7. The molecule has 16 nitrogen and oxygen atoms in total. The molecule has 33 atom stereocenters. The highest BCUT2D eigenvalue weighted by Gasteiger charge is 2.66. The largest absolute Gasteiger partial charge is 0.465 e. The monoisotopic (exact) mass is 1290 g/mol. The van der Waals surface area contributed by atoms with Crippen molar-refractivity contribution in [3.05, 3.63) is 0 Å². The molecule has 516 valence electrons. The summed E-state index contributed by atoms with van der Waals surface area (Å²) in [5, 5.41) is 0. The zero-order valence-electron chi connectivity index (χ0n) is 57.6. The third-order valence-corrected chi connectivity index (χ3v) is 31.7. The summed E-state index contributed by atoms with van der Waals surface area (Å²) in [6, 6.07) is 0. The van der Waals surface area contributed by atoms with Crippen molar-refractivity contribution in [2.45, 2.75) is 196 Å². The molecule has 0 aromatic carbocycles. The Kier molecular flexibility index (Phi) is 17.2. The Morgan fingerprint density at radius 3 is 1.40 bits per heavy atom. The summed E-state index contributed by atoms with van der Waals surface area (Å²) in [6.07, 6.45) is 24.4. The van der Waals surface area contributed by atoms with Gasteiger partial charge in [-0.1, -0.05) is 48.5 Å². The van der Waals surface area contributed by atoms with E-state index >= 15 is 0 Å². The van der Waals surface area contributed by atoms with Crippen LogP contribution in [0.2, 0.25) is 0 Å². The van der Waals surface area contributed by atoms with Crippen LogP contribution >= 0.6 is 0 Å². The van der Waals surface area contributed by atoms with Crippen LogP contribution in [0.25, 0.3) is 0 Å². The molecule has 14 bridgehead atoms. The average molecular weight is 1290 g/mol. The second-order valence-corrected chi connectivity index (χ2v) is 35.8. The van der Waals surface area contributed by atoms with Crippen molar-refractivity contribution in [3.8, 4) is 0 Å². The van der Waals surface area contributed by atoms with Crippen molar-refractivity contribution in [2.75, 3.05) is 60.0 Å². The van der Waals surface area contributed by atoms with Gasteiger partial charge in [0.15, 0.2) is 0 Å². The molecular formula is C77H112O16. The van der Waals surface area contributed by atoms with Gasteiger partial charge in [0.25, 0.3) is 0 Å². The Morgan fingerprint density at radius 1 is 0.409 bits per heavy atom. The number of carbonyl (C=O) groups is 7. The molecule has 0 aromatic rings. The van der Waals surface area contributed by atoms with Gasteiger partial charge in [-0.3, -0.25) is 33.6 Å². The van der Waals surface area contributed by atoms with Crippen molar-refractivity contribution in [3.63, 3.8) is 0 Å². The zero-order valence-corrected chi connectivity index (χ0v) is 57.6. The molecule has 0 radical (unpaired) electrons. The highest BCUT2D eigenvalue weighted by Crippen LogP contribution is 2.67. The topological polar surface area (TPSA) is 203 Å². The molecule has 93 heavy (non-hydrogen) atoms. The summed E-state index contributed by atoms with van der Waals surface area (Å²) < 4.78 is 47.3. The van der Waals surface area contributed by atoms with Gasteiger partial charge in [-0.25, -0.2) is 0 Å². The van der Waals surface area contributed by atoms with E-state index in [0.29, 0.717) is 122 Å². The van der Waals surface area contributed by atoms with Gasteiger partial charge >= 0.3 is 41.8 Å². The molecule has 0 amide bonds. The number of hydrogen-bond acceptors (Lipinski definition) is 16. The minimum Gasteiger partial charge on any atom is -0.465 e. The molecule has 21 fully saturated rings. The van der Waals surface area contributed by atoms with Crippen LogP contribution < -0.4 is 0 Å². The number of esters is 7. The average Bonchev–Trinajstić information content (AvgIpc) is 1.61. The lowest BCUT2D eigenvalue weighted by Crippen LogP contribution is -2.39. The normalized spacial score (nSPS) is 53.6. The van der Waals surface area contributed by atoms with Gasteiger partial charge in [-0.2, -0.15) is 0 Å². The van der Waals surface area contributed by atoms with Crippen LogP contribution in [-0.4, -0.2) is 114 Å². The van der Waals surface area contributed by atoms with Gasteiger partial charge in [-0.15, -0.1) is 0 Å². The third kappa shape index (κ3) is 10.6. The minimum absolute atomic E-state index is 0.0167. The van der Waals surface area contributed by atoms with Crippen LogP contribution in [0.3, 0.4) is 0 Å². The van der Waals surface area contributed by atoms with E-state index in [1.54, 1.807) is 7.11 Å². The smallest absolute Gasteiger partial charge is 0.312 e. The predicted octanol–water partition coefficient (Wildman–Crippen LogP) is 11.9. The second-order valence-electron chi connectivity index (χ2n) is 35.8. The molecule has 0 aromatic heterocycles. The number of carbonyl (C=O) groups excluding carboxylic acids is 7. The summed E-state index contributed by atoms with van der Waals surface area (Å²) in [6.45, 7) is 23.7. The van der Waals surface area contributed by atoms with Crippen molar-refractivity contribution < 1.29 is 76.2 Å². The van der Waals surface area contributed by atoms with Gasteiger partial charge in [0, 0.05) is 42.3 Å². The Hall–Kier alpha value is -3.79. The molecule has 21 aliphatic rings. The Balaban J connectivity index is 0.0000000898. The van der Waals surface area contributed by atoms with E-state index in [2.05, 4.69) is 48.5 Å². The molecule has 0 N–H and O–H groups in total. The van der Waals surface area contributed by atoms with E-state index in [-0.39, 0.29) is 81.4 Å². The van der Waals surface area contributed by atoms with Crippen LogP contribution in [0, 0.1) is 181 Å². The first kappa shape index (κ1) is 65.2. The summed E-state index contributed by atoms with van der Waals surface area (Å²) in [5.74, 6) is 17.9. The number of fused-ring (bicyclic) bond motifs is 27. The van der Waals surface area contributed by atoms with E-state index in [1.807, 2.05) is 6.92 Å². The second kappa shape index (κ2) is 24.6. The summed E-state index contributed by atoms with van der Waals surface area (Å²) in [4.78, 5) is 80.2. The third-order valence-electron chi connectivity index (χ3n) is 31.7. The fourth-order valence-corrected chi connectivity index (χ4v) is 27.6. The maximum atomic E-state index is 11.7. The van der Waals surface area contributed by atoms with Gasteiger partial charge in [0.05, 0.1) is 99.9 Å². The zero-order chi connectivity index (χ0) is 64.9. The molecule has 7 aliphatic heterocycles. The van der Waals surface area contributed by atoms with E-state index in [0.717, 1.165) is 123 Å². The van der Waals surface area contributed by atoms with Gasteiger partial charge in [0.1, 0.15) is 0 Å². The quantitative estimate of drug-likeness (QED) is 0.190. The highest BCUT2D eigenvalue weighted by molar-refractivity contribution is 5.81. The molecule has 7 heterocycles. The van der Waals surface area contributed by atoms with Crippen LogP contribution in [-0.2, 0) is 76.2 Å². The fourth-order valence-electron chi connectivity index (χ4n) is 27.6. The Bertz CT molecular complexity index is 2910. The maximum absolute atomic E-state index is 11.7. The lowest BCUT2D eigenvalue weighted by atomic mass is 9.68. The van der Waals surface area contributed by atoms with E-state index in [9.17, 15) is 33.6 Å². The summed E-state index contributed by atoms with van der Waals surface area (Å²) >= 11 is 0. The molecule has 4 spiro atoms. The molecule has 21 rings (SSSR count). The van der Waals surface area contributed by atoms with Gasteiger partial charge in [0.2, 0.25) is 0 Å². The van der Waals surface area contributed by atoms with Crippen LogP contribution in [0.5, 0.6) is 0 Å². The van der Waals surface area contributed by atoms with Crippen molar-refractivity contribution >= 4 is 41.8 Å². The standard InChI is InChI=1S/C12H18O3.C11H16O3.4C11H16O2.C10H14O2/c1-3-14-11-6(2)7-4-8(11)10-9(7)5-15-12(10)13;1-5-6-3-7(10(5)13-2)9-8(6)4-14-11(9)12;1-7-2-9-3-8(7)4-11(9)5-10(12)13-6-11;1-7-2-8-3-9(7)11(4-8)5-10(12)13-6-11;1-7-4-9-5-8(7)6-11(9)2-3-13-10(11)12;1-7-4-8-5-9(7)11(6-8)2-3-13-10(11)12;1-5-2-6-3-7(5)9-8(6)4-12-10(9)11/h6-11H,3-5H2,1-2H3;5-10H,3-4H2,1-2H3;4*7-9H,2-6H2,1H3;5-9H,2-4H2,1H3.